The molecular formula is C24H34N2O4. The zero-order chi connectivity index (χ0) is 21.7. The van der Waals surface area contributed by atoms with Gasteiger partial charge in [-0.2, -0.15) is 0 Å². The Balaban J connectivity index is 1.28. The van der Waals surface area contributed by atoms with Crippen molar-refractivity contribution in [3.63, 3.8) is 0 Å². The number of hydrogen-bond acceptors (Lipinski definition) is 4. The van der Waals surface area contributed by atoms with Crippen LogP contribution in [0.3, 0.4) is 0 Å². The Morgan fingerprint density at radius 3 is 1.30 bits per heavy atom. The molecule has 4 atom stereocenters. The summed E-state index contributed by atoms with van der Waals surface area (Å²) in [5.41, 5.74) is -2.47. The average molecular weight is 415 g/mol. The van der Waals surface area contributed by atoms with Gasteiger partial charge in [-0.1, -0.05) is 27.7 Å². The van der Waals surface area contributed by atoms with Gasteiger partial charge in [-0.15, -0.1) is 0 Å². The van der Waals surface area contributed by atoms with E-state index in [1.165, 1.54) is 0 Å². The summed E-state index contributed by atoms with van der Waals surface area (Å²) < 4.78 is 0. The summed E-state index contributed by atoms with van der Waals surface area (Å²) in [5, 5.41) is 0. The maximum Gasteiger partial charge on any atom is 0.236 e. The van der Waals surface area contributed by atoms with Crippen LogP contribution in [0.4, 0.5) is 0 Å². The lowest BCUT2D eigenvalue weighted by Gasteiger charge is -2.42. The van der Waals surface area contributed by atoms with Crippen LogP contribution in [-0.2, 0) is 19.2 Å². The molecule has 4 aliphatic carbocycles. The molecule has 4 bridgehead atoms. The van der Waals surface area contributed by atoms with Crippen LogP contribution in [0.15, 0.2) is 0 Å². The molecule has 5 rings (SSSR count). The zero-order valence-electron chi connectivity index (χ0n) is 18.8. The Morgan fingerprint density at radius 2 is 1.03 bits per heavy atom. The van der Waals surface area contributed by atoms with Crippen molar-refractivity contribution in [3.8, 4) is 0 Å². The molecule has 6 heteroatoms. The summed E-state index contributed by atoms with van der Waals surface area (Å²) in [7, 11) is 0. The molecule has 1 saturated heterocycles. The molecule has 4 saturated carbocycles. The molecule has 1 heterocycles. The Labute approximate surface area is 178 Å². The molecule has 6 nitrogen and oxygen atoms in total. The first kappa shape index (κ1) is 20.2. The second-order valence-corrected chi connectivity index (χ2v) is 11.7. The third-order valence-corrected chi connectivity index (χ3v) is 9.78. The van der Waals surface area contributed by atoms with Gasteiger partial charge in [0.25, 0.3) is 0 Å². The van der Waals surface area contributed by atoms with E-state index in [2.05, 4.69) is 0 Å². The average Bonchev–Trinajstić information content (AvgIpc) is 3.45. The Morgan fingerprint density at radius 1 is 0.700 bits per heavy atom. The quantitative estimate of drug-likeness (QED) is 0.651. The first-order chi connectivity index (χ1) is 14.0. The fourth-order valence-electron chi connectivity index (χ4n) is 7.64. The highest BCUT2D eigenvalue weighted by Gasteiger charge is 2.67. The fourth-order valence-corrected chi connectivity index (χ4v) is 7.64. The summed E-state index contributed by atoms with van der Waals surface area (Å²) in [5.74, 6) is 0.800. The van der Waals surface area contributed by atoms with Gasteiger partial charge in [0.2, 0.25) is 11.8 Å². The summed E-state index contributed by atoms with van der Waals surface area (Å²) in [4.78, 5) is 56.6. The summed E-state index contributed by atoms with van der Waals surface area (Å²) in [6.45, 7) is 9.78. The van der Waals surface area contributed by atoms with Crippen LogP contribution in [0, 0.1) is 33.5 Å². The molecule has 164 valence electrons. The molecule has 5 aliphatic rings. The molecule has 4 unspecified atom stereocenters. The van der Waals surface area contributed by atoms with Crippen LogP contribution >= 0.6 is 0 Å². The van der Waals surface area contributed by atoms with E-state index in [0.717, 1.165) is 12.8 Å². The highest BCUT2D eigenvalue weighted by atomic mass is 16.2. The minimum absolute atomic E-state index is 0.0233. The van der Waals surface area contributed by atoms with Crippen molar-refractivity contribution >= 4 is 23.4 Å². The van der Waals surface area contributed by atoms with Crippen LogP contribution in [0.2, 0.25) is 0 Å². The predicted octanol–water partition coefficient (Wildman–Crippen LogP) is 2.45. The smallest absolute Gasteiger partial charge is 0.236 e. The first-order valence-corrected chi connectivity index (χ1v) is 11.7. The minimum Gasteiger partial charge on any atom is -0.338 e. The normalized spacial score (nSPS) is 41.1. The number of fused-ring (bicyclic) bond motifs is 4. The van der Waals surface area contributed by atoms with Crippen molar-refractivity contribution < 1.29 is 19.2 Å². The molecule has 0 spiro atoms. The Hall–Kier alpha value is -1.72. The van der Waals surface area contributed by atoms with Crippen molar-refractivity contribution in [1.29, 1.82) is 0 Å². The van der Waals surface area contributed by atoms with Crippen molar-refractivity contribution in [2.24, 2.45) is 33.5 Å². The van der Waals surface area contributed by atoms with E-state index in [4.69, 9.17) is 0 Å². The van der Waals surface area contributed by atoms with E-state index in [0.29, 0.717) is 63.7 Å². The molecule has 5 fully saturated rings. The topological polar surface area (TPSA) is 74.8 Å². The van der Waals surface area contributed by atoms with Crippen LogP contribution < -0.4 is 0 Å². The molecule has 0 N–H and O–H groups in total. The number of rotatable bonds is 2. The van der Waals surface area contributed by atoms with Crippen LogP contribution in [0.1, 0.15) is 66.2 Å². The van der Waals surface area contributed by atoms with Gasteiger partial charge in [-0.05, 0) is 50.4 Å². The van der Waals surface area contributed by atoms with Gasteiger partial charge in [-0.3, -0.25) is 19.2 Å². The monoisotopic (exact) mass is 414 g/mol. The molecular weight excluding hydrogens is 380 g/mol. The van der Waals surface area contributed by atoms with Gasteiger partial charge in [0.05, 0.1) is 0 Å². The van der Waals surface area contributed by atoms with E-state index < -0.39 is 21.7 Å². The van der Waals surface area contributed by atoms with Crippen LogP contribution in [-0.4, -0.2) is 59.4 Å². The SMILES string of the molecule is CC1(C)C(=O)C2(C(=O)N3CCN(C(=O)C45CCC(C4)C(C)(C)C5=O)CC3)CCC1C2. The minimum atomic E-state index is -0.830. The van der Waals surface area contributed by atoms with Gasteiger partial charge in [0.15, 0.2) is 11.6 Å². The number of Topliss-reactive ketones (excluding diaryl/α,β-unsaturated/α-hetero) is 2. The standard InChI is InChI=1S/C24H34N2O4/c1-21(2)15-5-7-23(13-15,17(21)27)19(29)25-9-11-26(12-10-25)20(30)24-8-6-16(14-24)22(3,4)18(24)28/h15-16H,5-14H2,1-4H3. The van der Waals surface area contributed by atoms with Gasteiger partial charge in [0.1, 0.15) is 10.8 Å². The van der Waals surface area contributed by atoms with Gasteiger partial charge >= 0.3 is 0 Å². The van der Waals surface area contributed by atoms with E-state index >= 15 is 0 Å². The summed E-state index contributed by atoms with van der Waals surface area (Å²) in [6, 6.07) is 0. The third-order valence-electron chi connectivity index (χ3n) is 9.78. The van der Waals surface area contributed by atoms with Crippen molar-refractivity contribution in [3.05, 3.63) is 0 Å². The number of ketones is 2. The zero-order valence-corrected chi connectivity index (χ0v) is 18.8. The first-order valence-electron chi connectivity index (χ1n) is 11.7. The Kier molecular flexibility index (Phi) is 4.00. The molecule has 0 radical (unpaired) electrons. The highest BCUT2D eigenvalue weighted by molar-refractivity contribution is 6.12. The molecule has 0 aromatic rings. The maximum atomic E-state index is 13.4. The van der Waals surface area contributed by atoms with Crippen LogP contribution in [0.5, 0.6) is 0 Å². The Bertz CT molecular complexity index is 783. The predicted molar refractivity (Wildman–Crippen MR) is 110 cm³/mol. The van der Waals surface area contributed by atoms with E-state index in [1.807, 2.05) is 27.7 Å². The molecule has 0 aromatic carbocycles. The number of carbonyl (C=O) groups excluding carboxylic acids is 4. The largest absolute Gasteiger partial charge is 0.338 e. The number of nitrogens with zero attached hydrogens (tertiary/aromatic N) is 2. The number of carbonyl (C=O) groups is 4. The van der Waals surface area contributed by atoms with E-state index in [9.17, 15) is 19.2 Å². The number of amides is 2. The summed E-state index contributed by atoms with van der Waals surface area (Å²) >= 11 is 0. The second-order valence-electron chi connectivity index (χ2n) is 11.7. The fraction of sp³-hybridized carbons (Fsp3) is 0.833. The molecule has 1 aliphatic heterocycles. The lowest BCUT2D eigenvalue weighted by molar-refractivity contribution is -0.158. The van der Waals surface area contributed by atoms with Crippen molar-refractivity contribution in [1.82, 2.24) is 9.80 Å². The lowest BCUT2D eigenvalue weighted by atomic mass is 9.70. The van der Waals surface area contributed by atoms with Gasteiger partial charge < -0.3 is 9.80 Å². The summed E-state index contributed by atoms with van der Waals surface area (Å²) in [6.07, 6.45) is 4.61. The van der Waals surface area contributed by atoms with Gasteiger partial charge in [0, 0.05) is 37.0 Å². The lowest BCUT2D eigenvalue weighted by Crippen LogP contribution is -2.58. The van der Waals surface area contributed by atoms with Crippen LogP contribution in [0.25, 0.3) is 0 Å². The molecule has 2 amide bonds. The highest BCUT2D eigenvalue weighted by Crippen LogP contribution is 2.62. The number of hydrogen-bond donors (Lipinski definition) is 0. The third kappa shape index (κ3) is 2.26. The van der Waals surface area contributed by atoms with Gasteiger partial charge in [-0.25, -0.2) is 0 Å². The van der Waals surface area contributed by atoms with Crippen molar-refractivity contribution in [2.75, 3.05) is 26.2 Å². The molecule has 30 heavy (non-hydrogen) atoms. The van der Waals surface area contributed by atoms with E-state index in [1.54, 1.807) is 9.80 Å². The molecule has 0 aromatic heterocycles. The van der Waals surface area contributed by atoms with E-state index in [-0.39, 0.29) is 23.4 Å². The maximum absolute atomic E-state index is 13.4. The number of piperazine rings is 1. The second kappa shape index (κ2) is 5.95. The van der Waals surface area contributed by atoms with Crippen molar-refractivity contribution in [2.45, 2.75) is 66.2 Å².